The molecule has 8 aromatic carbocycles. The average molecular weight is 1200 g/mol. The van der Waals surface area contributed by atoms with Gasteiger partial charge in [-0.25, -0.2) is 4.98 Å². The first-order valence-corrected chi connectivity index (χ1v) is 28.5. The van der Waals surface area contributed by atoms with Gasteiger partial charge in [0.15, 0.2) is 0 Å². The minimum absolute atomic E-state index is 0.0386. The van der Waals surface area contributed by atoms with Crippen LogP contribution in [0.25, 0.3) is 77.7 Å². The van der Waals surface area contributed by atoms with Crippen molar-refractivity contribution in [2.75, 3.05) is 0 Å². The molecule has 0 bridgehead atoms. The maximum absolute atomic E-state index is 8.74. The van der Waals surface area contributed by atoms with Crippen LogP contribution in [0.4, 0.5) is 0 Å². The summed E-state index contributed by atoms with van der Waals surface area (Å²) in [7, 11) is 0. The first kappa shape index (κ1) is 47.8. The molecule has 6 heteroatoms. The predicted octanol–water partition coefficient (Wildman–Crippen LogP) is 19.1. The van der Waals surface area contributed by atoms with Gasteiger partial charge in [0.25, 0.3) is 0 Å². The van der Waals surface area contributed by atoms with Gasteiger partial charge in [0.2, 0.25) is 0 Å². The smallest absolute Gasteiger partial charge is 0.238 e. The number of nitrogens with zero attached hydrogens (tertiary/aromatic N) is 4. The molecule has 0 amide bonds. The van der Waals surface area contributed by atoms with E-state index in [1.807, 2.05) is 47.0 Å². The summed E-state index contributed by atoms with van der Waals surface area (Å²) in [5, 5.41) is 1.96. The first-order chi connectivity index (χ1) is 38.5. The summed E-state index contributed by atoms with van der Waals surface area (Å²) < 4.78 is 41.3. The van der Waals surface area contributed by atoms with Crippen LogP contribution in [-0.2, 0) is 35.6 Å². The van der Waals surface area contributed by atoms with E-state index in [0.29, 0.717) is 28.8 Å². The van der Waals surface area contributed by atoms with Gasteiger partial charge in [-0.05, 0) is 41.1 Å². The zero-order valence-electron chi connectivity index (χ0n) is 49.3. The number of hydrogen-bond donors (Lipinski definition) is 0. The molecule has 0 aliphatic heterocycles. The minimum atomic E-state index is -2.40. The number of imidazole rings is 1. The van der Waals surface area contributed by atoms with E-state index in [1.54, 1.807) is 12.3 Å². The second-order valence-electron chi connectivity index (χ2n) is 24.4. The van der Waals surface area contributed by atoms with Crippen molar-refractivity contribution in [3.63, 3.8) is 0 Å². The Morgan fingerprint density at radius 3 is 1.86 bits per heavy atom. The molecule has 12 rings (SSSR count). The molecule has 1 aliphatic carbocycles. The number of para-hydroxylation sites is 4. The second kappa shape index (κ2) is 19.5. The normalized spacial score (nSPS) is 15.8. The van der Waals surface area contributed by atoms with E-state index in [0.717, 1.165) is 77.4 Å². The first-order valence-electron chi connectivity index (χ1n) is 28.9. The summed E-state index contributed by atoms with van der Waals surface area (Å²) in [5.41, 5.74) is 17.4. The molecule has 2 atom stereocenters. The van der Waals surface area contributed by atoms with Crippen molar-refractivity contribution in [2.24, 2.45) is 0 Å². The number of hydrogen-bond acceptors (Lipinski definition) is 2. The second-order valence-corrected chi connectivity index (χ2v) is 25.5. The molecular formula is C72H68N4OPt-2. The molecule has 0 spiro atoms. The molecule has 3 aromatic heterocycles. The van der Waals surface area contributed by atoms with Crippen molar-refractivity contribution in [1.82, 2.24) is 18.7 Å². The standard InChI is InChI=1S/C72H68N4O.Pt/c1-46-28-37-63(74-45-75(66-27-18-17-26-65(66)74)69-57(48-20-13-12-14-21-48)23-19-24-58(69)50-39-52(71(6,7)8)41-53(40-50)72(9,10)11)61-42-54(33-35-56(46)61)77-55-34-36-60-59-22-15-16-25-64(59)76(67(60)43-55)68-38-47(2)62(44-73-68)49-29-31-51(32-30-49)70(3,4)5;/h12-27,29-36,38-41,44,46,63H,28,37H2,1-11H3;/q-2;/i2D3;. The van der Waals surface area contributed by atoms with Gasteiger partial charge >= 0.3 is 353 Å². The third-order valence-corrected chi connectivity index (χ3v) is 17.1. The molecule has 11 aromatic rings. The van der Waals surface area contributed by atoms with Crippen LogP contribution in [0.5, 0.6) is 11.5 Å². The molecule has 0 fully saturated rings. The molecule has 5 nitrogen and oxygen atoms in total. The Labute approximate surface area is 475 Å². The van der Waals surface area contributed by atoms with Gasteiger partial charge in [0.05, 0.1) is 0 Å². The molecule has 1 aliphatic rings. The fraction of sp³-hybridized carbons (Fsp3) is 0.250. The number of pyridine rings is 1. The molecule has 3 heterocycles. The van der Waals surface area contributed by atoms with Gasteiger partial charge in [-0.2, -0.15) is 0 Å². The third kappa shape index (κ3) is 9.22. The molecule has 0 N–H and O–H groups in total. The van der Waals surface area contributed by atoms with Crippen LogP contribution in [0.1, 0.15) is 132 Å². The van der Waals surface area contributed by atoms with Gasteiger partial charge < -0.3 is 0 Å². The summed E-state index contributed by atoms with van der Waals surface area (Å²) >= 11 is 2.59. The van der Waals surface area contributed by atoms with E-state index < -0.39 is 6.85 Å². The number of ether oxygens (including phenoxy) is 1. The Balaban J connectivity index is 0.978. The number of rotatable bonds is 8. The summed E-state index contributed by atoms with van der Waals surface area (Å²) in [4.78, 5) is 5.00. The Kier molecular flexibility index (Phi) is 12.0. The van der Waals surface area contributed by atoms with Gasteiger partial charge in [0.1, 0.15) is 0 Å². The average Bonchev–Trinajstić information content (AvgIpc) is 4.17. The zero-order valence-corrected chi connectivity index (χ0v) is 48.6. The van der Waals surface area contributed by atoms with E-state index in [4.69, 9.17) is 13.8 Å². The van der Waals surface area contributed by atoms with Crippen molar-refractivity contribution in [1.29, 1.82) is 0 Å². The minimum Gasteiger partial charge on any atom is -0.238 e. The van der Waals surface area contributed by atoms with E-state index in [1.165, 1.54) is 33.4 Å². The van der Waals surface area contributed by atoms with Crippen molar-refractivity contribution in [3.8, 4) is 56.4 Å². The summed E-state index contributed by atoms with van der Waals surface area (Å²) in [6, 6.07) is 67.5. The van der Waals surface area contributed by atoms with Gasteiger partial charge in [0, 0.05) is 15.9 Å². The predicted molar refractivity (Wildman–Crippen MR) is 320 cm³/mol. The number of benzene rings is 8. The Hall–Kier alpha value is -7.33. The molecule has 78 heavy (non-hydrogen) atoms. The van der Waals surface area contributed by atoms with Gasteiger partial charge in [-0.15, -0.1) is 0 Å². The van der Waals surface area contributed by atoms with E-state index in [2.05, 4.69) is 231 Å². The molecule has 0 saturated heterocycles. The number of fused-ring (bicyclic) bond motifs is 5. The fourth-order valence-corrected chi connectivity index (χ4v) is 12.8. The van der Waals surface area contributed by atoms with Crippen molar-refractivity contribution in [2.45, 2.75) is 117 Å². The van der Waals surface area contributed by atoms with Gasteiger partial charge in [-0.3, -0.25) is 0 Å². The van der Waals surface area contributed by atoms with Crippen LogP contribution in [0.3, 0.4) is 0 Å². The summed E-state index contributed by atoms with van der Waals surface area (Å²) in [6.45, 7) is 20.3. The number of aromatic nitrogens is 4. The molecule has 2 unspecified atom stereocenters. The van der Waals surface area contributed by atoms with Crippen molar-refractivity contribution in [3.05, 3.63) is 225 Å². The van der Waals surface area contributed by atoms with Crippen LogP contribution in [0.2, 0.25) is 0 Å². The zero-order chi connectivity index (χ0) is 56.9. The third-order valence-electron chi connectivity index (χ3n) is 16.0. The summed E-state index contributed by atoms with van der Waals surface area (Å²) in [6.07, 6.45) is 3.64. The molecule has 0 radical (unpaired) electrons. The summed E-state index contributed by atoms with van der Waals surface area (Å²) in [5.74, 6) is 1.93. The van der Waals surface area contributed by atoms with Crippen molar-refractivity contribution >= 4 is 32.8 Å². The monoisotopic (exact) mass is 1200 g/mol. The Bertz CT molecular complexity index is 4260. The Morgan fingerprint density at radius 1 is 0.551 bits per heavy atom. The van der Waals surface area contributed by atoms with E-state index in [-0.39, 0.29) is 27.9 Å². The maximum atomic E-state index is 8.74. The topological polar surface area (TPSA) is 36.9 Å². The molecule has 0 saturated carbocycles. The van der Waals surface area contributed by atoms with Crippen LogP contribution >= 0.6 is 0 Å². The van der Waals surface area contributed by atoms with Crippen LogP contribution in [0.15, 0.2) is 176 Å². The van der Waals surface area contributed by atoms with Gasteiger partial charge in [-0.1, -0.05) is 63.2 Å². The Morgan fingerprint density at radius 2 is 1.17 bits per heavy atom. The van der Waals surface area contributed by atoms with Crippen LogP contribution in [-0.4, -0.2) is 18.7 Å². The van der Waals surface area contributed by atoms with Crippen LogP contribution < -0.4 is 4.74 Å². The quantitative estimate of drug-likeness (QED) is 0.142. The molecule has 394 valence electrons. The van der Waals surface area contributed by atoms with E-state index in [9.17, 15) is 0 Å². The molecular weight excluding hydrogens is 1130 g/mol. The number of aryl methyl sites for hydroxylation is 1. The fourth-order valence-electron chi connectivity index (χ4n) is 11.6. The SMILES string of the molecule is [2H]C([2H])([2H])c1cc(-n2c3[c-]c(Oc4[c-]c5c(cc4)C(C)CCC5n4[c](=[Pt])n(-c5c(-c6ccccc6)cccc5-c5cc(C(C)(C)C)cc(C(C)(C)C)c5)c5ccccc54)ccc3c3ccccc32)ncc1-c1ccc(C(C)(C)C)cc1. The van der Waals surface area contributed by atoms with Crippen molar-refractivity contribution < 1.29 is 28.2 Å². The van der Waals surface area contributed by atoms with E-state index >= 15 is 0 Å². The van der Waals surface area contributed by atoms with Crippen LogP contribution in [0, 0.1) is 22.8 Å².